The number of carbonyl (C=O) groups excluding carboxylic acids is 1. The topological polar surface area (TPSA) is 76.1 Å². The molecule has 3 rings (SSSR count). The first-order valence-corrected chi connectivity index (χ1v) is 9.45. The molecular formula is C17H14N2O3S2. The van der Waals surface area contributed by atoms with Crippen LogP contribution < -0.4 is 4.72 Å². The van der Waals surface area contributed by atoms with Crippen LogP contribution in [0.2, 0.25) is 0 Å². The van der Waals surface area contributed by atoms with E-state index in [1.807, 2.05) is 18.2 Å². The van der Waals surface area contributed by atoms with Crippen LogP contribution in [0.15, 0.2) is 65.1 Å². The number of nitrogens with one attached hydrogen (secondary N) is 1. The maximum absolute atomic E-state index is 12.6. The molecule has 1 N–H and O–H groups in total. The van der Waals surface area contributed by atoms with Gasteiger partial charge < -0.3 is 0 Å². The molecule has 122 valence electrons. The van der Waals surface area contributed by atoms with E-state index < -0.39 is 10.0 Å². The summed E-state index contributed by atoms with van der Waals surface area (Å²) in [5.74, 6) is -0.173. The Morgan fingerprint density at radius 1 is 1.08 bits per heavy atom. The lowest BCUT2D eigenvalue weighted by molar-refractivity contribution is 0.102. The number of hydrogen-bond acceptors (Lipinski definition) is 5. The minimum Gasteiger partial charge on any atom is -0.294 e. The number of sulfonamides is 1. The van der Waals surface area contributed by atoms with E-state index in [2.05, 4.69) is 9.71 Å². The second-order valence-electron chi connectivity index (χ2n) is 5.09. The van der Waals surface area contributed by atoms with E-state index in [1.54, 1.807) is 36.0 Å². The quantitative estimate of drug-likeness (QED) is 0.704. The molecule has 0 saturated heterocycles. The lowest BCUT2D eigenvalue weighted by Gasteiger charge is -2.09. The van der Waals surface area contributed by atoms with Crippen LogP contribution in [0.5, 0.6) is 0 Å². The molecule has 0 radical (unpaired) electrons. The van der Waals surface area contributed by atoms with Crippen LogP contribution in [0.3, 0.4) is 0 Å². The number of ketones is 1. The van der Waals surface area contributed by atoms with Gasteiger partial charge in [-0.15, -0.1) is 11.3 Å². The molecule has 0 spiro atoms. The zero-order chi connectivity index (χ0) is 17.2. The molecule has 0 atom stereocenters. The number of Topliss-reactive ketones (excluding diaryl/α,β-unsaturated/α-hetero) is 1. The first-order valence-electron chi connectivity index (χ1n) is 7.09. The molecule has 5 nitrogen and oxygen atoms in total. The molecule has 0 fully saturated rings. The third-order valence-electron chi connectivity index (χ3n) is 3.39. The second kappa shape index (κ2) is 6.54. The minimum atomic E-state index is -3.78. The van der Waals surface area contributed by atoms with E-state index in [0.29, 0.717) is 10.6 Å². The predicted molar refractivity (Wildman–Crippen MR) is 94.8 cm³/mol. The first-order chi connectivity index (χ1) is 11.5. The Labute approximate surface area is 144 Å². The molecule has 0 aliphatic heterocycles. The smallest absolute Gasteiger partial charge is 0.261 e. The maximum Gasteiger partial charge on any atom is 0.261 e. The van der Waals surface area contributed by atoms with Crippen molar-refractivity contribution in [3.05, 3.63) is 65.1 Å². The van der Waals surface area contributed by atoms with E-state index in [0.717, 1.165) is 11.1 Å². The van der Waals surface area contributed by atoms with Gasteiger partial charge in [-0.2, -0.15) is 0 Å². The molecular weight excluding hydrogens is 344 g/mol. The van der Waals surface area contributed by atoms with E-state index in [-0.39, 0.29) is 10.7 Å². The Kier molecular flexibility index (Phi) is 4.46. The summed E-state index contributed by atoms with van der Waals surface area (Å²) in [6, 6.07) is 11.8. The lowest BCUT2D eigenvalue weighted by Crippen LogP contribution is -2.14. The average Bonchev–Trinajstić information content (AvgIpc) is 3.03. The van der Waals surface area contributed by atoms with Gasteiger partial charge in [0.2, 0.25) is 0 Å². The normalized spacial score (nSPS) is 11.2. The highest BCUT2D eigenvalue weighted by Gasteiger charge is 2.18. The van der Waals surface area contributed by atoms with Crippen molar-refractivity contribution in [2.45, 2.75) is 11.8 Å². The standard InChI is InChI=1S/C17H14N2O3S2/c1-12(20)17-16(7-10-23-17)19-24(21,22)15-4-2-3-14(11-15)13-5-8-18-9-6-13/h2-11,19H,1H3. The molecule has 7 heteroatoms. The van der Waals surface area contributed by atoms with Gasteiger partial charge in [0.15, 0.2) is 5.78 Å². The highest BCUT2D eigenvalue weighted by atomic mass is 32.2. The van der Waals surface area contributed by atoms with Gasteiger partial charge in [-0.1, -0.05) is 12.1 Å². The van der Waals surface area contributed by atoms with Gasteiger partial charge in [-0.25, -0.2) is 8.42 Å². The van der Waals surface area contributed by atoms with Crippen molar-refractivity contribution in [2.24, 2.45) is 0 Å². The van der Waals surface area contributed by atoms with E-state index in [9.17, 15) is 13.2 Å². The van der Waals surface area contributed by atoms with Gasteiger partial charge in [-0.05, 0) is 46.8 Å². The Bertz CT molecular complexity index is 980. The van der Waals surface area contributed by atoms with Crippen LogP contribution in [0.25, 0.3) is 11.1 Å². The van der Waals surface area contributed by atoms with Crippen molar-refractivity contribution in [1.82, 2.24) is 4.98 Å². The Morgan fingerprint density at radius 3 is 2.54 bits per heavy atom. The predicted octanol–water partition coefficient (Wildman–Crippen LogP) is 3.81. The lowest BCUT2D eigenvalue weighted by atomic mass is 10.1. The summed E-state index contributed by atoms with van der Waals surface area (Å²) in [7, 11) is -3.78. The first kappa shape index (κ1) is 16.4. The highest BCUT2D eigenvalue weighted by Crippen LogP contribution is 2.27. The van der Waals surface area contributed by atoms with Gasteiger partial charge in [0.25, 0.3) is 10.0 Å². The van der Waals surface area contributed by atoms with Crippen molar-refractivity contribution in [1.29, 1.82) is 0 Å². The summed E-state index contributed by atoms with van der Waals surface area (Å²) in [5.41, 5.74) is 1.96. The fraction of sp³-hybridized carbons (Fsp3) is 0.0588. The highest BCUT2D eigenvalue weighted by molar-refractivity contribution is 7.92. The summed E-state index contributed by atoms with van der Waals surface area (Å²) in [5, 5.41) is 1.68. The van der Waals surface area contributed by atoms with Crippen LogP contribution >= 0.6 is 11.3 Å². The Morgan fingerprint density at radius 2 is 1.83 bits per heavy atom. The zero-order valence-electron chi connectivity index (χ0n) is 12.8. The average molecular weight is 358 g/mol. The molecule has 2 heterocycles. The second-order valence-corrected chi connectivity index (χ2v) is 7.69. The molecule has 0 aliphatic carbocycles. The van der Waals surface area contributed by atoms with Crippen LogP contribution in [0, 0.1) is 0 Å². The molecule has 0 bridgehead atoms. The molecule has 0 amide bonds. The summed E-state index contributed by atoms with van der Waals surface area (Å²) in [6.45, 7) is 1.41. The number of hydrogen-bond donors (Lipinski definition) is 1. The van der Waals surface area contributed by atoms with Crippen LogP contribution in [-0.2, 0) is 10.0 Å². The van der Waals surface area contributed by atoms with Crippen molar-refractivity contribution in [2.75, 3.05) is 4.72 Å². The SMILES string of the molecule is CC(=O)c1sccc1NS(=O)(=O)c1cccc(-c2ccncc2)c1. The minimum absolute atomic E-state index is 0.137. The van der Waals surface area contributed by atoms with Gasteiger partial charge in [0.05, 0.1) is 15.5 Å². The number of carbonyl (C=O) groups is 1. The Balaban J connectivity index is 1.96. The number of aromatic nitrogens is 1. The number of anilines is 1. The van der Waals surface area contributed by atoms with Gasteiger partial charge in [0, 0.05) is 19.3 Å². The van der Waals surface area contributed by atoms with Crippen LogP contribution in [0.4, 0.5) is 5.69 Å². The third-order valence-corrected chi connectivity index (χ3v) is 5.77. The van der Waals surface area contributed by atoms with Crippen molar-refractivity contribution >= 4 is 32.8 Å². The van der Waals surface area contributed by atoms with Crippen molar-refractivity contribution in [3.63, 3.8) is 0 Å². The number of benzene rings is 1. The zero-order valence-corrected chi connectivity index (χ0v) is 14.4. The summed E-state index contributed by atoms with van der Waals surface area (Å²) in [6.07, 6.45) is 3.30. The molecule has 2 aromatic heterocycles. The maximum atomic E-state index is 12.6. The van der Waals surface area contributed by atoms with Crippen molar-refractivity contribution in [3.8, 4) is 11.1 Å². The number of rotatable bonds is 5. The number of thiophene rings is 1. The van der Waals surface area contributed by atoms with Crippen LogP contribution in [-0.4, -0.2) is 19.2 Å². The fourth-order valence-corrected chi connectivity index (χ4v) is 4.19. The van der Waals surface area contributed by atoms with E-state index >= 15 is 0 Å². The summed E-state index contributed by atoms with van der Waals surface area (Å²) in [4.78, 5) is 16.0. The summed E-state index contributed by atoms with van der Waals surface area (Å²) >= 11 is 1.21. The molecule has 3 aromatic rings. The van der Waals surface area contributed by atoms with Gasteiger partial charge in [-0.3, -0.25) is 14.5 Å². The molecule has 0 aliphatic rings. The molecule has 0 saturated carbocycles. The largest absolute Gasteiger partial charge is 0.294 e. The number of pyridine rings is 1. The van der Waals surface area contributed by atoms with E-state index in [4.69, 9.17) is 0 Å². The monoisotopic (exact) mass is 358 g/mol. The van der Waals surface area contributed by atoms with Gasteiger partial charge >= 0.3 is 0 Å². The third kappa shape index (κ3) is 3.37. The molecule has 0 unspecified atom stereocenters. The van der Waals surface area contributed by atoms with E-state index in [1.165, 1.54) is 24.3 Å². The van der Waals surface area contributed by atoms with Gasteiger partial charge in [0.1, 0.15) is 0 Å². The molecule has 24 heavy (non-hydrogen) atoms. The molecule has 1 aromatic carbocycles. The fourth-order valence-electron chi connectivity index (χ4n) is 2.25. The number of nitrogens with zero attached hydrogens (tertiary/aromatic N) is 1. The van der Waals surface area contributed by atoms with Crippen LogP contribution in [0.1, 0.15) is 16.6 Å². The Hall–Kier alpha value is -2.51. The van der Waals surface area contributed by atoms with Crippen molar-refractivity contribution < 1.29 is 13.2 Å². The summed E-state index contributed by atoms with van der Waals surface area (Å²) < 4.78 is 27.7.